The van der Waals surface area contributed by atoms with Gasteiger partial charge in [0, 0.05) is 11.5 Å². The number of carbonyl (C=O) groups excluding carboxylic acids is 1. The van der Waals surface area contributed by atoms with Crippen LogP contribution in [0.5, 0.6) is 0 Å². The summed E-state index contributed by atoms with van der Waals surface area (Å²) in [5.74, 6) is 0. The molecule has 1 aromatic carbocycles. The standard InChI is InChI=1S/C16H20N4O5S/c1-26(22,23)25-15-11-20(10-6-5-9-14(15)18-19-17)16(21)24-12-13-7-3-2-4-8-13/h2-5,7-9,14-15H,6,10-12H2,1H3/b9-5-/t14-,15-/m1/s1. The summed E-state index contributed by atoms with van der Waals surface area (Å²) in [6.07, 6.45) is 3.11. The van der Waals surface area contributed by atoms with Crippen LogP contribution in [0.15, 0.2) is 47.6 Å². The molecule has 1 amide bonds. The fraction of sp³-hybridized carbons (Fsp3) is 0.438. The van der Waals surface area contributed by atoms with Crippen LogP contribution in [0.4, 0.5) is 4.79 Å². The van der Waals surface area contributed by atoms with Crippen LogP contribution in [0, 0.1) is 0 Å². The molecule has 9 nitrogen and oxygen atoms in total. The van der Waals surface area contributed by atoms with E-state index < -0.39 is 28.4 Å². The number of hydrogen-bond donors (Lipinski definition) is 0. The largest absolute Gasteiger partial charge is 0.445 e. The van der Waals surface area contributed by atoms with Crippen LogP contribution in [0.25, 0.3) is 10.4 Å². The first-order chi connectivity index (χ1) is 12.4. The molecule has 0 unspecified atom stereocenters. The molecule has 0 aromatic heterocycles. The Labute approximate surface area is 152 Å². The molecule has 140 valence electrons. The monoisotopic (exact) mass is 380 g/mol. The first-order valence-corrected chi connectivity index (χ1v) is 9.75. The Morgan fingerprint density at radius 2 is 2.12 bits per heavy atom. The highest BCUT2D eigenvalue weighted by molar-refractivity contribution is 7.86. The maximum atomic E-state index is 12.4. The minimum atomic E-state index is -3.80. The zero-order chi connectivity index (χ0) is 19.0. The minimum absolute atomic E-state index is 0.0747. The van der Waals surface area contributed by atoms with Gasteiger partial charge < -0.3 is 9.64 Å². The Morgan fingerprint density at radius 3 is 2.77 bits per heavy atom. The van der Waals surface area contributed by atoms with Gasteiger partial charge in [-0.25, -0.2) is 4.79 Å². The van der Waals surface area contributed by atoms with Crippen molar-refractivity contribution in [3.8, 4) is 0 Å². The maximum absolute atomic E-state index is 12.4. The van der Waals surface area contributed by atoms with Gasteiger partial charge in [-0.3, -0.25) is 4.18 Å². The third-order valence-electron chi connectivity index (χ3n) is 3.63. The summed E-state index contributed by atoms with van der Waals surface area (Å²) in [6.45, 7) is 0.356. The van der Waals surface area contributed by atoms with E-state index in [4.69, 9.17) is 14.5 Å². The van der Waals surface area contributed by atoms with Gasteiger partial charge in [0.25, 0.3) is 10.1 Å². The number of nitrogens with zero attached hydrogens (tertiary/aromatic N) is 4. The molecule has 10 heteroatoms. The molecule has 0 fully saturated rings. The molecule has 0 spiro atoms. The molecule has 0 saturated heterocycles. The van der Waals surface area contributed by atoms with Gasteiger partial charge in [-0.15, -0.1) is 0 Å². The summed E-state index contributed by atoms with van der Waals surface area (Å²) >= 11 is 0. The second-order valence-corrected chi connectivity index (χ2v) is 7.34. The van der Waals surface area contributed by atoms with Crippen molar-refractivity contribution in [2.75, 3.05) is 19.3 Å². The van der Waals surface area contributed by atoms with E-state index >= 15 is 0 Å². The van der Waals surface area contributed by atoms with Crippen molar-refractivity contribution in [1.29, 1.82) is 0 Å². The van der Waals surface area contributed by atoms with Crippen molar-refractivity contribution in [3.63, 3.8) is 0 Å². The smallest absolute Gasteiger partial charge is 0.410 e. The van der Waals surface area contributed by atoms with Crippen LogP contribution in [-0.4, -0.2) is 50.9 Å². The van der Waals surface area contributed by atoms with Gasteiger partial charge in [0.2, 0.25) is 0 Å². The van der Waals surface area contributed by atoms with E-state index in [-0.39, 0.29) is 13.2 Å². The van der Waals surface area contributed by atoms with Crippen LogP contribution in [0.3, 0.4) is 0 Å². The molecular weight excluding hydrogens is 360 g/mol. The lowest BCUT2D eigenvalue weighted by Crippen LogP contribution is -2.44. The normalized spacial score (nSPS) is 21.8. The number of hydrogen-bond acceptors (Lipinski definition) is 6. The lowest BCUT2D eigenvalue weighted by molar-refractivity contribution is 0.0736. The predicted molar refractivity (Wildman–Crippen MR) is 94.6 cm³/mol. The van der Waals surface area contributed by atoms with Crippen molar-refractivity contribution in [3.05, 3.63) is 58.5 Å². The number of azide groups is 1. The Kier molecular flexibility index (Phi) is 7.02. The molecule has 0 aliphatic carbocycles. The van der Waals surface area contributed by atoms with E-state index in [1.807, 2.05) is 30.3 Å². The summed E-state index contributed by atoms with van der Waals surface area (Å²) in [4.78, 5) is 16.5. The van der Waals surface area contributed by atoms with Crippen LogP contribution in [-0.2, 0) is 25.6 Å². The third-order valence-corrected chi connectivity index (χ3v) is 4.22. The number of benzene rings is 1. The second kappa shape index (κ2) is 9.23. The van der Waals surface area contributed by atoms with Crippen molar-refractivity contribution in [2.24, 2.45) is 5.11 Å². The molecule has 0 saturated carbocycles. The van der Waals surface area contributed by atoms with Gasteiger partial charge in [0.1, 0.15) is 12.7 Å². The second-order valence-electron chi connectivity index (χ2n) is 5.74. The van der Waals surface area contributed by atoms with Gasteiger partial charge in [-0.05, 0) is 17.5 Å². The first kappa shape index (κ1) is 19.8. The quantitative estimate of drug-likeness (QED) is 0.255. The van der Waals surface area contributed by atoms with Crippen LogP contribution >= 0.6 is 0 Å². The fourth-order valence-electron chi connectivity index (χ4n) is 2.47. The summed E-state index contributed by atoms with van der Waals surface area (Å²) in [6, 6.07) is 8.35. The van der Waals surface area contributed by atoms with Crippen LogP contribution in [0.2, 0.25) is 0 Å². The Bertz CT molecular complexity index is 790. The molecule has 2 atom stereocenters. The Morgan fingerprint density at radius 1 is 1.38 bits per heavy atom. The summed E-state index contributed by atoms with van der Waals surface area (Å²) in [5.41, 5.74) is 9.53. The number of amides is 1. The fourth-order valence-corrected chi connectivity index (χ4v) is 3.09. The van der Waals surface area contributed by atoms with Gasteiger partial charge >= 0.3 is 6.09 Å². The van der Waals surface area contributed by atoms with Gasteiger partial charge in [0.15, 0.2) is 0 Å². The highest BCUT2D eigenvalue weighted by Crippen LogP contribution is 2.16. The maximum Gasteiger partial charge on any atom is 0.410 e. The molecule has 1 aliphatic rings. The SMILES string of the molecule is CS(=O)(=O)O[C@@H]1CN(C(=O)OCc2ccccc2)CC/C=C\[C@H]1N=[N+]=[N-]. The zero-order valence-corrected chi connectivity index (χ0v) is 15.1. The van der Waals surface area contributed by atoms with Crippen LogP contribution < -0.4 is 0 Å². The first-order valence-electron chi connectivity index (χ1n) is 7.94. The van der Waals surface area contributed by atoms with E-state index in [0.29, 0.717) is 13.0 Å². The van der Waals surface area contributed by atoms with E-state index in [1.54, 1.807) is 12.2 Å². The number of ether oxygens (including phenoxy) is 1. The third kappa shape index (κ3) is 6.40. The van der Waals surface area contributed by atoms with Crippen LogP contribution in [0.1, 0.15) is 12.0 Å². The Balaban J connectivity index is 2.10. The highest BCUT2D eigenvalue weighted by atomic mass is 32.2. The van der Waals surface area contributed by atoms with E-state index in [1.165, 1.54) is 4.90 Å². The molecular formula is C16H20N4O5S. The molecule has 1 aliphatic heterocycles. The summed E-state index contributed by atoms with van der Waals surface area (Å²) in [7, 11) is -3.80. The van der Waals surface area contributed by atoms with Gasteiger partial charge in [-0.1, -0.05) is 47.6 Å². The zero-order valence-electron chi connectivity index (χ0n) is 14.3. The highest BCUT2D eigenvalue weighted by Gasteiger charge is 2.29. The minimum Gasteiger partial charge on any atom is -0.445 e. The topological polar surface area (TPSA) is 122 Å². The summed E-state index contributed by atoms with van der Waals surface area (Å²) in [5, 5.41) is 3.56. The Hall–Kier alpha value is -2.55. The molecule has 1 aromatic rings. The van der Waals surface area contributed by atoms with Gasteiger partial charge in [0.05, 0.1) is 18.8 Å². The average Bonchev–Trinajstić information content (AvgIpc) is 2.58. The van der Waals surface area contributed by atoms with Crippen molar-refractivity contribution in [1.82, 2.24) is 4.90 Å². The van der Waals surface area contributed by atoms with Crippen molar-refractivity contribution < 1.29 is 22.1 Å². The summed E-state index contributed by atoms with van der Waals surface area (Å²) < 4.78 is 33.4. The van der Waals surface area contributed by atoms with Gasteiger partial charge in [-0.2, -0.15) is 8.42 Å². The predicted octanol–water partition coefficient (Wildman–Crippen LogP) is 2.61. The molecule has 0 radical (unpaired) electrons. The average molecular weight is 380 g/mol. The molecule has 1 heterocycles. The van der Waals surface area contributed by atoms with Crippen molar-refractivity contribution in [2.45, 2.75) is 25.2 Å². The molecule has 0 bridgehead atoms. The lowest BCUT2D eigenvalue weighted by atomic mass is 10.1. The lowest BCUT2D eigenvalue weighted by Gasteiger charge is -2.29. The molecule has 2 rings (SSSR count). The van der Waals surface area contributed by atoms with E-state index in [2.05, 4.69) is 10.0 Å². The van der Waals surface area contributed by atoms with E-state index in [0.717, 1.165) is 11.8 Å². The van der Waals surface area contributed by atoms with Crippen molar-refractivity contribution >= 4 is 16.2 Å². The number of carbonyl (C=O) groups is 1. The molecule has 0 N–H and O–H groups in total. The van der Waals surface area contributed by atoms with E-state index in [9.17, 15) is 13.2 Å². The number of rotatable bonds is 5. The molecule has 26 heavy (non-hydrogen) atoms.